The number of allylic oxidation sites excluding steroid dienone is 1. The van der Waals surface area contributed by atoms with Gasteiger partial charge in [0.25, 0.3) is 0 Å². The summed E-state index contributed by atoms with van der Waals surface area (Å²) in [5.74, 6) is 0.586. The minimum Gasteiger partial charge on any atom is -0.352 e. The van der Waals surface area contributed by atoms with Crippen molar-refractivity contribution in [1.29, 1.82) is 0 Å². The van der Waals surface area contributed by atoms with Crippen molar-refractivity contribution in [2.45, 2.75) is 39.7 Å². The Kier molecular flexibility index (Phi) is 5.11. The van der Waals surface area contributed by atoms with Gasteiger partial charge in [0.1, 0.15) is 0 Å². The van der Waals surface area contributed by atoms with Gasteiger partial charge in [0.2, 0.25) is 0 Å². The van der Waals surface area contributed by atoms with Crippen LogP contribution in [0.5, 0.6) is 0 Å². The molecule has 0 bridgehead atoms. The van der Waals surface area contributed by atoms with Gasteiger partial charge >= 0.3 is 0 Å². The van der Waals surface area contributed by atoms with Crippen molar-refractivity contribution in [3.05, 3.63) is 88.6 Å². The summed E-state index contributed by atoms with van der Waals surface area (Å²) in [5.41, 5.74) is 6.76. The van der Waals surface area contributed by atoms with E-state index in [9.17, 15) is 0 Å². The maximum atomic E-state index is 5.59. The molecule has 0 amide bonds. The molecule has 0 saturated carbocycles. The largest absolute Gasteiger partial charge is 0.352 e. The fraction of sp³-hybridized carbons (Fsp3) is 0.320. The van der Waals surface area contributed by atoms with Gasteiger partial charge in [-0.15, -0.1) is 0 Å². The minimum atomic E-state index is 0.134. The Morgan fingerprint density at radius 2 is 1.57 bits per heavy atom. The van der Waals surface area contributed by atoms with Crippen LogP contribution in [0.2, 0.25) is 0 Å². The lowest BCUT2D eigenvalue weighted by molar-refractivity contribution is 0.226. The predicted octanol–water partition coefficient (Wildman–Crippen LogP) is 6.00. The molecule has 2 nitrogen and oxygen atoms in total. The summed E-state index contributed by atoms with van der Waals surface area (Å²) in [6.45, 7) is 7.07. The van der Waals surface area contributed by atoms with Crippen LogP contribution in [0, 0.1) is 11.3 Å². The van der Waals surface area contributed by atoms with Crippen LogP contribution in [0.3, 0.4) is 0 Å². The standard InChI is InChI=1S/C25H28N2S/c1-25(2,3)20-15-19(14-17-10-6-4-7-11-17)23-21(16-20)22(26-24(28)27-23)18-12-8-5-9-13-18/h4-14,20,22H,15-16H2,1-3H3,(H2,26,27,28)/b19-14+. The van der Waals surface area contributed by atoms with Gasteiger partial charge in [-0.05, 0) is 64.7 Å². The van der Waals surface area contributed by atoms with Gasteiger partial charge in [0, 0.05) is 5.70 Å². The van der Waals surface area contributed by atoms with Crippen molar-refractivity contribution in [3.8, 4) is 0 Å². The fourth-order valence-electron chi connectivity index (χ4n) is 4.23. The third-order valence-electron chi connectivity index (χ3n) is 5.94. The van der Waals surface area contributed by atoms with Crippen molar-refractivity contribution in [1.82, 2.24) is 10.6 Å². The third-order valence-corrected chi connectivity index (χ3v) is 6.16. The lowest BCUT2D eigenvalue weighted by Crippen LogP contribution is -2.46. The average molecular weight is 389 g/mol. The summed E-state index contributed by atoms with van der Waals surface area (Å²) in [6.07, 6.45) is 4.47. The zero-order valence-corrected chi connectivity index (χ0v) is 17.6. The average Bonchev–Trinajstić information content (AvgIpc) is 2.68. The monoisotopic (exact) mass is 388 g/mol. The van der Waals surface area contributed by atoms with Crippen LogP contribution in [0.1, 0.15) is 50.8 Å². The lowest BCUT2D eigenvalue weighted by atomic mass is 9.68. The molecule has 1 aliphatic heterocycles. The Hall–Kier alpha value is -2.39. The molecule has 2 aliphatic rings. The molecule has 144 valence electrons. The first kappa shape index (κ1) is 18.9. The molecule has 2 atom stereocenters. The summed E-state index contributed by atoms with van der Waals surface area (Å²) in [5, 5.41) is 7.72. The Labute approximate surface area is 173 Å². The maximum Gasteiger partial charge on any atom is 0.171 e. The van der Waals surface area contributed by atoms with Gasteiger partial charge in [0.05, 0.1) is 6.04 Å². The van der Waals surface area contributed by atoms with Gasteiger partial charge in [-0.1, -0.05) is 81.4 Å². The molecule has 2 aromatic carbocycles. The smallest absolute Gasteiger partial charge is 0.171 e. The highest BCUT2D eigenvalue weighted by molar-refractivity contribution is 7.80. The summed E-state index contributed by atoms with van der Waals surface area (Å²) >= 11 is 5.59. The third kappa shape index (κ3) is 3.90. The van der Waals surface area contributed by atoms with Gasteiger partial charge in [-0.2, -0.15) is 0 Å². The van der Waals surface area contributed by atoms with Gasteiger partial charge in [-0.3, -0.25) is 0 Å². The SMILES string of the molecule is CC(C)(C)C1CC2=C(NC(=S)NC2c2ccccc2)/C(=C/c2ccccc2)C1. The summed E-state index contributed by atoms with van der Waals surface area (Å²) in [6, 6.07) is 21.4. The molecule has 2 N–H and O–H groups in total. The van der Waals surface area contributed by atoms with Crippen molar-refractivity contribution < 1.29 is 0 Å². The minimum absolute atomic E-state index is 0.134. The molecule has 0 radical (unpaired) electrons. The summed E-state index contributed by atoms with van der Waals surface area (Å²) in [7, 11) is 0. The van der Waals surface area contributed by atoms with Crippen molar-refractivity contribution >= 4 is 23.4 Å². The van der Waals surface area contributed by atoms with Crippen LogP contribution >= 0.6 is 12.2 Å². The van der Waals surface area contributed by atoms with E-state index >= 15 is 0 Å². The maximum absolute atomic E-state index is 5.59. The molecule has 2 unspecified atom stereocenters. The first-order valence-electron chi connectivity index (χ1n) is 10.0. The van der Waals surface area contributed by atoms with Gasteiger partial charge < -0.3 is 10.6 Å². The van der Waals surface area contributed by atoms with E-state index in [0.29, 0.717) is 11.0 Å². The van der Waals surface area contributed by atoms with E-state index in [1.807, 2.05) is 0 Å². The summed E-state index contributed by atoms with van der Waals surface area (Å²) in [4.78, 5) is 0. The summed E-state index contributed by atoms with van der Waals surface area (Å²) < 4.78 is 0. The number of hydrogen-bond acceptors (Lipinski definition) is 1. The van der Waals surface area contributed by atoms with E-state index in [-0.39, 0.29) is 11.5 Å². The lowest BCUT2D eigenvalue weighted by Gasteiger charge is -2.42. The quantitative estimate of drug-likeness (QED) is 0.617. The predicted molar refractivity (Wildman–Crippen MR) is 122 cm³/mol. The Bertz CT molecular complexity index is 920. The Morgan fingerprint density at radius 1 is 0.929 bits per heavy atom. The fourth-order valence-corrected chi connectivity index (χ4v) is 4.45. The molecule has 3 heteroatoms. The Morgan fingerprint density at radius 3 is 2.21 bits per heavy atom. The molecule has 0 saturated heterocycles. The molecule has 0 spiro atoms. The number of nitrogens with one attached hydrogen (secondary N) is 2. The molecule has 0 aromatic heterocycles. The zero-order valence-electron chi connectivity index (χ0n) is 16.8. The van der Waals surface area contributed by atoms with E-state index in [2.05, 4.69) is 98.1 Å². The first-order valence-corrected chi connectivity index (χ1v) is 10.4. The molecule has 1 heterocycles. The zero-order chi connectivity index (χ0) is 19.7. The Balaban J connectivity index is 1.84. The second-order valence-corrected chi connectivity index (χ2v) is 9.30. The van der Waals surface area contributed by atoms with Crippen LogP contribution in [0.25, 0.3) is 6.08 Å². The molecular formula is C25H28N2S. The number of rotatable bonds is 2. The van der Waals surface area contributed by atoms with Crippen molar-refractivity contribution in [3.63, 3.8) is 0 Å². The highest BCUT2D eigenvalue weighted by Crippen LogP contribution is 2.46. The number of benzene rings is 2. The van der Waals surface area contributed by atoms with E-state index in [1.165, 1.54) is 28.0 Å². The van der Waals surface area contributed by atoms with E-state index < -0.39 is 0 Å². The van der Waals surface area contributed by atoms with E-state index in [4.69, 9.17) is 12.2 Å². The second kappa shape index (κ2) is 7.56. The van der Waals surface area contributed by atoms with Crippen LogP contribution in [0.15, 0.2) is 77.5 Å². The number of thiocarbonyl (C=S) groups is 1. The highest BCUT2D eigenvalue weighted by atomic mass is 32.1. The van der Waals surface area contributed by atoms with Gasteiger partial charge in [-0.25, -0.2) is 0 Å². The molecule has 2 aromatic rings. The van der Waals surface area contributed by atoms with E-state index in [0.717, 1.165) is 12.8 Å². The van der Waals surface area contributed by atoms with Crippen molar-refractivity contribution in [2.24, 2.45) is 11.3 Å². The van der Waals surface area contributed by atoms with Crippen LogP contribution in [0.4, 0.5) is 0 Å². The van der Waals surface area contributed by atoms with Gasteiger partial charge in [0.15, 0.2) is 5.11 Å². The molecule has 28 heavy (non-hydrogen) atoms. The molecular weight excluding hydrogens is 360 g/mol. The second-order valence-electron chi connectivity index (χ2n) is 8.89. The van der Waals surface area contributed by atoms with E-state index in [1.54, 1.807) is 0 Å². The highest BCUT2D eigenvalue weighted by Gasteiger charge is 2.37. The number of hydrogen-bond donors (Lipinski definition) is 2. The molecule has 4 rings (SSSR count). The normalized spacial score (nSPS) is 23.8. The first-order chi connectivity index (χ1) is 13.4. The van der Waals surface area contributed by atoms with Crippen LogP contribution in [-0.4, -0.2) is 5.11 Å². The topological polar surface area (TPSA) is 24.1 Å². The molecule has 1 aliphatic carbocycles. The van der Waals surface area contributed by atoms with Crippen molar-refractivity contribution in [2.75, 3.05) is 0 Å². The molecule has 0 fully saturated rings. The van der Waals surface area contributed by atoms with Crippen LogP contribution < -0.4 is 10.6 Å². The van der Waals surface area contributed by atoms with Crippen LogP contribution in [-0.2, 0) is 0 Å².